The van der Waals surface area contributed by atoms with Crippen molar-refractivity contribution in [1.82, 2.24) is 0 Å². The number of rotatable bonds is 7. The van der Waals surface area contributed by atoms with Crippen molar-refractivity contribution in [2.45, 2.75) is 20.0 Å². The molecule has 158 valence electrons. The van der Waals surface area contributed by atoms with Crippen molar-refractivity contribution in [1.29, 1.82) is 10.5 Å². The highest BCUT2D eigenvalue weighted by Crippen LogP contribution is 2.60. The van der Waals surface area contributed by atoms with Gasteiger partial charge in [-0.3, -0.25) is 4.79 Å². The summed E-state index contributed by atoms with van der Waals surface area (Å²) in [6, 6.07) is 16.4. The summed E-state index contributed by atoms with van der Waals surface area (Å²) in [7, 11) is 1.38. The maximum Gasteiger partial charge on any atom is 0.311 e. The number of carbonyl (C=O) groups is 1. The Bertz CT molecular complexity index is 1080. The van der Waals surface area contributed by atoms with Crippen molar-refractivity contribution < 1.29 is 23.4 Å². The van der Waals surface area contributed by atoms with Crippen LogP contribution >= 0.6 is 0 Å². The second kappa shape index (κ2) is 8.89. The minimum Gasteiger partial charge on any atom is -0.487 e. The predicted octanol–water partition coefficient (Wildman–Crippen LogP) is 5.05. The first kappa shape index (κ1) is 21.9. The quantitative estimate of drug-likeness (QED) is 0.353. The SMILES string of the molecule is COC(C#N)=C[C@H]1[C@@H](C(=O)OC(C#N)c2ccc(F)c(Oc3ccccc3)c2)C1(C)C. The van der Waals surface area contributed by atoms with Crippen LogP contribution in [0.5, 0.6) is 11.5 Å². The molecule has 2 aromatic carbocycles. The van der Waals surface area contributed by atoms with Gasteiger partial charge in [-0.05, 0) is 35.8 Å². The number of benzene rings is 2. The van der Waals surface area contributed by atoms with Crippen LogP contribution in [0.3, 0.4) is 0 Å². The van der Waals surface area contributed by atoms with Gasteiger partial charge in [-0.2, -0.15) is 10.5 Å². The van der Waals surface area contributed by atoms with Gasteiger partial charge in [-0.1, -0.05) is 38.1 Å². The largest absolute Gasteiger partial charge is 0.487 e. The average Bonchev–Trinajstić information content (AvgIpc) is 3.32. The minimum atomic E-state index is -1.23. The third kappa shape index (κ3) is 4.67. The normalized spacial score (nSPS) is 20.0. The molecular formula is C24H21FN2O4. The van der Waals surface area contributed by atoms with E-state index < -0.39 is 29.2 Å². The first-order valence-corrected chi connectivity index (χ1v) is 9.60. The molecule has 7 heteroatoms. The molecule has 0 aromatic heterocycles. The molecule has 0 saturated heterocycles. The standard InChI is InChI=1S/C24H21FN2O4/c1-24(2)18(12-17(13-26)29-3)22(24)23(28)31-21(14-27)15-9-10-19(25)20(11-15)30-16-7-5-4-6-8-16/h4-12,18,21-22H,1-3H3/t18-,21?,22-/m0/s1. The predicted molar refractivity (Wildman–Crippen MR) is 109 cm³/mol. The summed E-state index contributed by atoms with van der Waals surface area (Å²) in [5, 5.41) is 18.6. The van der Waals surface area contributed by atoms with Gasteiger partial charge in [0.25, 0.3) is 0 Å². The molecule has 1 unspecified atom stereocenters. The molecule has 0 spiro atoms. The molecule has 31 heavy (non-hydrogen) atoms. The lowest BCUT2D eigenvalue weighted by Gasteiger charge is -2.14. The van der Waals surface area contributed by atoms with Crippen molar-refractivity contribution in [3.8, 4) is 23.6 Å². The van der Waals surface area contributed by atoms with E-state index in [1.165, 1.54) is 19.2 Å². The zero-order valence-corrected chi connectivity index (χ0v) is 17.3. The lowest BCUT2D eigenvalue weighted by atomic mass is 10.1. The smallest absolute Gasteiger partial charge is 0.311 e. The molecule has 0 bridgehead atoms. The van der Waals surface area contributed by atoms with E-state index in [0.717, 1.165) is 6.07 Å². The third-order valence-corrected chi connectivity index (χ3v) is 5.41. The van der Waals surface area contributed by atoms with Gasteiger partial charge < -0.3 is 14.2 Å². The summed E-state index contributed by atoms with van der Waals surface area (Å²) in [6.07, 6.45) is 0.363. The van der Waals surface area contributed by atoms with E-state index in [2.05, 4.69) is 0 Å². The molecule has 2 aromatic rings. The van der Waals surface area contributed by atoms with Crippen molar-refractivity contribution in [3.05, 3.63) is 71.7 Å². The lowest BCUT2D eigenvalue weighted by molar-refractivity contribution is -0.149. The fourth-order valence-electron chi connectivity index (χ4n) is 3.49. The van der Waals surface area contributed by atoms with Crippen molar-refractivity contribution in [2.75, 3.05) is 7.11 Å². The molecule has 0 N–H and O–H groups in total. The van der Waals surface area contributed by atoms with Gasteiger partial charge in [-0.15, -0.1) is 0 Å². The van der Waals surface area contributed by atoms with Crippen LogP contribution in [0.15, 0.2) is 60.4 Å². The van der Waals surface area contributed by atoms with Crippen LogP contribution in [0.25, 0.3) is 0 Å². The monoisotopic (exact) mass is 420 g/mol. The second-order valence-electron chi connectivity index (χ2n) is 7.72. The van der Waals surface area contributed by atoms with Crippen molar-refractivity contribution in [3.63, 3.8) is 0 Å². The van der Waals surface area contributed by atoms with Crippen LogP contribution in [0, 0.1) is 45.7 Å². The van der Waals surface area contributed by atoms with Crippen LogP contribution < -0.4 is 4.74 Å². The molecule has 3 rings (SSSR count). The Labute approximate surface area is 180 Å². The Morgan fingerprint density at radius 3 is 2.52 bits per heavy atom. The maximum absolute atomic E-state index is 14.2. The fraction of sp³-hybridized carbons (Fsp3) is 0.292. The number of methoxy groups -OCH3 is 1. The van der Waals surface area contributed by atoms with Gasteiger partial charge in [0.15, 0.2) is 17.3 Å². The van der Waals surface area contributed by atoms with E-state index in [0.29, 0.717) is 11.3 Å². The zero-order chi connectivity index (χ0) is 22.6. The lowest BCUT2D eigenvalue weighted by Crippen LogP contribution is -2.14. The van der Waals surface area contributed by atoms with E-state index in [9.17, 15) is 14.4 Å². The number of allylic oxidation sites excluding steroid dienone is 2. The fourth-order valence-corrected chi connectivity index (χ4v) is 3.49. The highest BCUT2D eigenvalue weighted by atomic mass is 19.1. The van der Waals surface area contributed by atoms with Crippen LogP contribution in [0.2, 0.25) is 0 Å². The highest BCUT2D eigenvalue weighted by Gasteiger charge is 2.62. The molecule has 0 aliphatic heterocycles. The maximum atomic E-state index is 14.2. The number of esters is 1. The third-order valence-electron chi connectivity index (χ3n) is 5.41. The Morgan fingerprint density at radius 2 is 1.90 bits per heavy atom. The summed E-state index contributed by atoms with van der Waals surface area (Å²) < 4.78 is 30.2. The van der Waals surface area contributed by atoms with Crippen molar-refractivity contribution in [2.24, 2.45) is 17.3 Å². The Balaban J connectivity index is 1.77. The molecule has 1 aliphatic rings. The average molecular weight is 420 g/mol. The number of para-hydroxylation sites is 1. The van der Waals surface area contributed by atoms with Crippen LogP contribution in [0.4, 0.5) is 4.39 Å². The summed E-state index contributed by atoms with van der Waals surface area (Å²) >= 11 is 0. The van der Waals surface area contributed by atoms with Gasteiger partial charge >= 0.3 is 5.97 Å². The molecule has 1 aliphatic carbocycles. The molecule has 0 radical (unpaired) electrons. The van der Waals surface area contributed by atoms with Gasteiger partial charge in [0.05, 0.1) is 13.0 Å². The van der Waals surface area contributed by atoms with Gasteiger partial charge in [0, 0.05) is 11.5 Å². The van der Waals surface area contributed by atoms with Crippen LogP contribution in [-0.2, 0) is 14.3 Å². The Morgan fingerprint density at radius 1 is 1.19 bits per heavy atom. The molecule has 3 atom stereocenters. The van der Waals surface area contributed by atoms with E-state index in [1.54, 1.807) is 36.4 Å². The molecule has 0 amide bonds. The summed E-state index contributed by atoms with van der Waals surface area (Å²) in [5.41, 5.74) is -0.148. The van der Waals surface area contributed by atoms with Crippen LogP contribution in [-0.4, -0.2) is 13.1 Å². The molecule has 1 fully saturated rings. The van der Waals surface area contributed by atoms with E-state index in [1.807, 2.05) is 26.0 Å². The Hall–Kier alpha value is -3.84. The summed E-state index contributed by atoms with van der Waals surface area (Å²) in [5.74, 6) is -1.47. The van der Waals surface area contributed by atoms with Crippen LogP contribution in [0.1, 0.15) is 25.5 Å². The molecular weight excluding hydrogens is 399 g/mol. The van der Waals surface area contributed by atoms with Gasteiger partial charge in [-0.25, -0.2) is 4.39 Å². The molecule has 6 nitrogen and oxygen atoms in total. The number of hydrogen-bond acceptors (Lipinski definition) is 6. The summed E-state index contributed by atoms with van der Waals surface area (Å²) in [6.45, 7) is 3.74. The minimum absolute atomic E-state index is 0.0775. The van der Waals surface area contributed by atoms with E-state index in [-0.39, 0.29) is 17.4 Å². The number of hydrogen-bond donors (Lipinski definition) is 0. The zero-order valence-electron chi connectivity index (χ0n) is 17.3. The number of carbonyl (C=O) groups excluding carboxylic acids is 1. The number of ether oxygens (including phenoxy) is 3. The summed E-state index contributed by atoms with van der Waals surface area (Å²) in [4.78, 5) is 12.7. The first-order chi connectivity index (χ1) is 14.8. The van der Waals surface area contributed by atoms with E-state index in [4.69, 9.17) is 19.5 Å². The second-order valence-corrected chi connectivity index (χ2v) is 7.72. The number of halogens is 1. The Kier molecular flexibility index (Phi) is 6.27. The number of nitriles is 2. The van der Waals surface area contributed by atoms with Gasteiger partial charge in [0.1, 0.15) is 17.9 Å². The first-order valence-electron chi connectivity index (χ1n) is 9.60. The number of nitrogens with zero attached hydrogens (tertiary/aromatic N) is 2. The topological polar surface area (TPSA) is 92.3 Å². The van der Waals surface area contributed by atoms with Gasteiger partial charge in [0.2, 0.25) is 6.10 Å². The van der Waals surface area contributed by atoms with E-state index >= 15 is 0 Å². The molecule has 1 saturated carbocycles. The molecule has 0 heterocycles. The van der Waals surface area contributed by atoms with Crippen molar-refractivity contribution >= 4 is 5.97 Å². The highest BCUT2D eigenvalue weighted by molar-refractivity contribution is 5.78.